The van der Waals surface area contributed by atoms with E-state index in [1.54, 1.807) is 37.3 Å². The molecule has 0 heterocycles. The maximum atomic E-state index is 11.9. The molecule has 0 bridgehead atoms. The van der Waals surface area contributed by atoms with E-state index >= 15 is 0 Å². The van der Waals surface area contributed by atoms with Crippen LogP contribution in [0.4, 0.5) is 11.4 Å². The van der Waals surface area contributed by atoms with Gasteiger partial charge in [0.05, 0.1) is 15.6 Å². The van der Waals surface area contributed by atoms with Gasteiger partial charge in [-0.3, -0.25) is 14.9 Å². The number of nitro benzene ring substituents is 1. The van der Waals surface area contributed by atoms with Crippen LogP contribution in [0, 0.1) is 17.0 Å². The summed E-state index contributed by atoms with van der Waals surface area (Å²) in [5.41, 5.74) is 1.01. The molecule has 0 saturated carbocycles. The van der Waals surface area contributed by atoms with Crippen molar-refractivity contribution in [1.82, 2.24) is 0 Å². The molecule has 0 spiro atoms. The largest absolute Gasteiger partial charge is 0.482 e. The van der Waals surface area contributed by atoms with Crippen LogP contribution in [0.15, 0.2) is 42.5 Å². The number of anilines is 1. The molecule has 2 rings (SSSR count). The lowest BCUT2D eigenvalue weighted by molar-refractivity contribution is -0.384. The zero-order valence-corrected chi connectivity index (χ0v) is 12.5. The molecule has 1 amide bonds. The number of non-ortho nitro benzene ring substituents is 1. The number of amides is 1. The maximum Gasteiger partial charge on any atom is 0.271 e. The normalized spacial score (nSPS) is 10.1. The zero-order valence-electron chi connectivity index (χ0n) is 11.7. The second kappa shape index (κ2) is 6.91. The van der Waals surface area contributed by atoms with Gasteiger partial charge in [-0.05, 0) is 24.6 Å². The van der Waals surface area contributed by atoms with Crippen molar-refractivity contribution in [3.05, 3.63) is 63.2 Å². The number of aryl methyl sites for hydroxylation is 1. The highest BCUT2D eigenvalue weighted by molar-refractivity contribution is 6.32. The molecule has 22 heavy (non-hydrogen) atoms. The van der Waals surface area contributed by atoms with E-state index in [2.05, 4.69) is 5.32 Å². The average Bonchev–Trinajstić information content (AvgIpc) is 2.48. The lowest BCUT2D eigenvalue weighted by Gasteiger charge is -2.10. The van der Waals surface area contributed by atoms with Gasteiger partial charge in [-0.15, -0.1) is 0 Å². The molecule has 0 radical (unpaired) electrons. The van der Waals surface area contributed by atoms with Crippen LogP contribution in [-0.4, -0.2) is 17.4 Å². The van der Waals surface area contributed by atoms with Gasteiger partial charge in [-0.25, -0.2) is 0 Å². The number of nitrogens with one attached hydrogen (secondary N) is 1. The highest BCUT2D eigenvalue weighted by atomic mass is 35.5. The van der Waals surface area contributed by atoms with Gasteiger partial charge in [0.15, 0.2) is 6.61 Å². The molecule has 114 valence electrons. The smallest absolute Gasteiger partial charge is 0.271 e. The molecule has 1 N–H and O–H groups in total. The number of para-hydroxylation sites is 1. The van der Waals surface area contributed by atoms with E-state index in [0.29, 0.717) is 16.5 Å². The summed E-state index contributed by atoms with van der Waals surface area (Å²) in [6.45, 7) is 1.50. The van der Waals surface area contributed by atoms with Gasteiger partial charge in [-0.2, -0.15) is 0 Å². The first-order valence-corrected chi connectivity index (χ1v) is 6.77. The number of nitro groups is 1. The lowest BCUT2D eigenvalue weighted by atomic mass is 10.2. The molecule has 0 unspecified atom stereocenters. The van der Waals surface area contributed by atoms with Gasteiger partial charge >= 0.3 is 0 Å². The van der Waals surface area contributed by atoms with Crippen molar-refractivity contribution in [3.63, 3.8) is 0 Å². The fourth-order valence-electron chi connectivity index (χ4n) is 1.75. The Labute approximate surface area is 131 Å². The highest BCUT2D eigenvalue weighted by Crippen LogP contribution is 2.24. The first-order valence-electron chi connectivity index (χ1n) is 6.39. The molecule has 0 aliphatic heterocycles. The Bertz CT molecular complexity index is 718. The summed E-state index contributed by atoms with van der Waals surface area (Å²) in [6, 6.07) is 11.1. The van der Waals surface area contributed by atoms with Crippen LogP contribution in [-0.2, 0) is 4.79 Å². The third kappa shape index (κ3) is 3.95. The number of halogens is 1. The van der Waals surface area contributed by atoms with Gasteiger partial charge in [0.2, 0.25) is 0 Å². The third-order valence-corrected chi connectivity index (χ3v) is 3.21. The van der Waals surface area contributed by atoms with Gasteiger partial charge < -0.3 is 10.1 Å². The Morgan fingerprint density at radius 2 is 2.05 bits per heavy atom. The van der Waals surface area contributed by atoms with Gasteiger partial charge in [0, 0.05) is 12.1 Å². The molecule has 7 heteroatoms. The number of benzene rings is 2. The molecule has 2 aromatic carbocycles. The average molecular weight is 321 g/mol. The minimum absolute atomic E-state index is 0.0899. The topological polar surface area (TPSA) is 81.5 Å². The first-order chi connectivity index (χ1) is 10.5. The van der Waals surface area contributed by atoms with Crippen LogP contribution in [0.25, 0.3) is 0 Å². The van der Waals surface area contributed by atoms with Gasteiger partial charge in [0.25, 0.3) is 11.6 Å². The van der Waals surface area contributed by atoms with Crippen molar-refractivity contribution in [2.45, 2.75) is 6.92 Å². The van der Waals surface area contributed by atoms with E-state index < -0.39 is 10.8 Å². The molecule has 0 aliphatic rings. The van der Waals surface area contributed by atoms with Crippen LogP contribution in [0.1, 0.15) is 5.56 Å². The van der Waals surface area contributed by atoms with Crippen LogP contribution in [0.3, 0.4) is 0 Å². The van der Waals surface area contributed by atoms with E-state index in [4.69, 9.17) is 16.3 Å². The lowest BCUT2D eigenvalue weighted by Crippen LogP contribution is -2.20. The van der Waals surface area contributed by atoms with Crippen molar-refractivity contribution in [2.24, 2.45) is 0 Å². The van der Waals surface area contributed by atoms with E-state index in [0.717, 1.165) is 5.56 Å². The predicted octanol–water partition coefficient (Wildman–Crippen LogP) is 3.57. The summed E-state index contributed by atoms with van der Waals surface area (Å²) in [5, 5.41) is 13.7. The molecule has 6 nitrogen and oxygen atoms in total. The monoisotopic (exact) mass is 320 g/mol. The quantitative estimate of drug-likeness (QED) is 0.674. The maximum absolute atomic E-state index is 11.9. The molecule has 2 aromatic rings. The number of ether oxygens (including phenoxy) is 1. The molecule has 0 saturated heterocycles. The van der Waals surface area contributed by atoms with E-state index in [1.165, 1.54) is 12.1 Å². The number of rotatable bonds is 5. The molecule has 0 atom stereocenters. The molecule has 0 aromatic heterocycles. The van der Waals surface area contributed by atoms with E-state index in [1.807, 2.05) is 0 Å². The van der Waals surface area contributed by atoms with Crippen molar-refractivity contribution in [3.8, 4) is 5.75 Å². The minimum Gasteiger partial charge on any atom is -0.482 e. The SMILES string of the molecule is Cc1ccc([N+](=O)[O-])cc1NC(=O)COc1ccccc1Cl. The Morgan fingerprint density at radius 3 is 2.73 bits per heavy atom. The number of hydrogen-bond donors (Lipinski definition) is 1. The molecule has 0 fully saturated rings. The Morgan fingerprint density at radius 1 is 1.32 bits per heavy atom. The van der Waals surface area contributed by atoms with E-state index in [-0.39, 0.29) is 12.3 Å². The third-order valence-electron chi connectivity index (χ3n) is 2.90. The number of carbonyl (C=O) groups excluding carboxylic acids is 1. The first kappa shape index (κ1) is 15.8. The summed E-state index contributed by atoms with van der Waals surface area (Å²) in [4.78, 5) is 22.1. The summed E-state index contributed by atoms with van der Waals surface area (Å²) < 4.78 is 5.31. The Hall–Kier alpha value is -2.60. The van der Waals surface area contributed by atoms with Gasteiger partial charge in [-0.1, -0.05) is 29.8 Å². The fraction of sp³-hybridized carbons (Fsp3) is 0.133. The molecular weight excluding hydrogens is 308 g/mol. The molecular formula is C15H13ClN2O4. The highest BCUT2D eigenvalue weighted by Gasteiger charge is 2.12. The summed E-state index contributed by atoms with van der Waals surface area (Å²) in [6.07, 6.45) is 0. The Balaban J connectivity index is 2.02. The van der Waals surface area contributed by atoms with Crippen LogP contribution in [0.2, 0.25) is 5.02 Å². The van der Waals surface area contributed by atoms with Crippen molar-refractivity contribution in [1.29, 1.82) is 0 Å². The van der Waals surface area contributed by atoms with E-state index in [9.17, 15) is 14.9 Å². The summed E-state index contributed by atoms with van der Waals surface area (Å²) >= 11 is 5.92. The second-order valence-electron chi connectivity index (χ2n) is 4.52. The Kier molecular flexibility index (Phi) is 4.95. The number of hydrogen-bond acceptors (Lipinski definition) is 4. The van der Waals surface area contributed by atoms with Crippen LogP contribution >= 0.6 is 11.6 Å². The molecule has 0 aliphatic carbocycles. The minimum atomic E-state index is -0.519. The zero-order chi connectivity index (χ0) is 16.1. The fourth-order valence-corrected chi connectivity index (χ4v) is 1.94. The predicted molar refractivity (Wildman–Crippen MR) is 83.4 cm³/mol. The van der Waals surface area contributed by atoms with Crippen molar-refractivity contribution in [2.75, 3.05) is 11.9 Å². The van der Waals surface area contributed by atoms with Gasteiger partial charge in [0.1, 0.15) is 5.75 Å². The van der Waals surface area contributed by atoms with Crippen molar-refractivity contribution < 1.29 is 14.5 Å². The summed E-state index contributed by atoms with van der Waals surface area (Å²) in [7, 11) is 0. The van der Waals surface area contributed by atoms with Crippen molar-refractivity contribution >= 4 is 28.9 Å². The number of nitrogens with zero attached hydrogens (tertiary/aromatic N) is 1. The van der Waals surface area contributed by atoms with Crippen LogP contribution < -0.4 is 10.1 Å². The second-order valence-corrected chi connectivity index (χ2v) is 4.93. The van der Waals surface area contributed by atoms with Crippen LogP contribution in [0.5, 0.6) is 5.75 Å². The number of carbonyl (C=O) groups is 1. The standard InChI is InChI=1S/C15H13ClN2O4/c1-10-6-7-11(18(20)21)8-13(10)17-15(19)9-22-14-5-3-2-4-12(14)16/h2-8H,9H2,1H3,(H,17,19). The summed E-state index contributed by atoms with van der Waals surface area (Å²) in [5.74, 6) is -0.0291.